The molecule has 0 unspecified atom stereocenters. The van der Waals surface area contributed by atoms with Crippen molar-refractivity contribution in [3.63, 3.8) is 0 Å². The quantitative estimate of drug-likeness (QED) is 0.818. The molecule has 17 heavy (non-hydrogen) atoms. The van der Waals surface area contributed by atoms with Gasteiger partial charge < -0.3 is 11.1 Å². The van der Waals surface area contributed by atoms with Crippen LogP contribution in [0.15, 0.2) is 18.2 Å². The van der Waals surface area contributed by atoms with Crippen molar-refractivity contribution in [2.75, 3.05) is 13.1 Å². The average Bonchev–Trinajstić information content (AvgIpc) is 2.11. The van der Waals surface area contributed by atoms with Crippen molar-refractivity contribution in [2.45, 2.75) is 18.6 Å². The van der Waals surface area contributed by atoms with E-state index in [0.717, 1.165) is 12.1 Å². The highest BCUT2D eigenvalue weighted by atomic mass is 35.5. The molecule has 3 N–H and O–H groups in total. The molecule has 1 aliphatic rings. The van der Waals surface area contributed by atoms with Crippen LogP contribution in [-0.2, 0) is 11.7 Å². The second kappa shape index (κ2) is 4.48. The third-order valence-electron chi connectivity index (χ3n) is 2.86. The van der Waals surface area contributed by atoms with Crippen LogP contribution < -0.4 is 11.1 Å². The minimum Gasteiger partial charge on any atom is -0.319 e. The summed E-state index contributed by atoms with van der Waals surface area (Å²) in [6.45, 7) is 2.69. The molecule has 0 bridgehead atoms. The summed E-state index contributed by atoms with van der Waals surface area (Å²) in [5, 5.41) is 2.97. The van der Waals surface area contributed by atoms with Gasteiger partial charge in [-0.25, -0.2) is 0 Å². The predicted octanol–water partition coefficient (Wildman–Crippen LogP) is 2.19. The lowest BCUT2D eigenvalue weighted by Gasteiger charge is -2.40. The van der Waals surface area contributed by atoms with Crippen LogP contribution in [0.4, 0.5) is 13.2 Å². The van der Waals surface area contributed by atoms with Gasteiger partial charge in [0.2, 0.25) is 0 Å². The first-order valence-corrected chi connectivity index (χ1v) is 5.00. The lowest BCUT2D eigenvalue weighted by atomic mass is 9.84. The number of alkyl halides is 3. The van der Waals surface area contributed by atoms with Crippen molar-refractivity contribution >= 4 is 12.4 Å². The zero-order chi connectivity index (χ0) is 12.0. The summed E-state index contributed by atoms with van der Waals surface area (Å²) in [6.07, 6.45) is -4.31. The summed E-state index contributed by atoms with van der Waals surface area (Å²) in [7, 11) is 0. The normalized spacial score (nSPS) is 18.2. The smallest absolute Gasteiger partial charge is 0.319 e. The van der Waals surface area contributed by atoms with Gasteiger partial charge in [-0.05, 0) is 24.6 Å². The molecule has 2 nitrogen and oxygen atoms in total. The van der Waals surface area contributed by atoms with Crippen molar-refractivity contribution in [1.82, 2.24) is 5.32 Å². The van der Waals surface area contributed by atoms with Crippen LogP contribution in [0.25, 0.3) is 0 Å². The molecule has 1 aromatic carbocycles. The van der Waals surface area contributed by atoms with E-state index < -0.39 is 17.3 Å². The SMILES string of the molecule is Cc1cc(C(F)(F)F)cc(C2(N)CNC2)c1.Cl. The number of nitrogens with one attached hydrogen (secondary N) is 1. The summed E-state index contributed by atoms with van der Waals surface area (Å²) < 4.78 is 37.8. The minimum atomic E-state index is -4.31. The number of benzene rings is 1. The molecule has 1 aliphatic heterocycles. The highest BCUT2D eigenvalue weighted by molar-refractivity contribution is 5.85. The highest BCUT2D eigenvalue weighted by Gasteiger charge is 2.37. The molecule has 2 rings (SSSR count). The van der Waals surface area contributed by atoms with Crippen LogP contribution in [0, 0.1) is 6.92 Å². The van der Waals surface area contributed by atoms with Crippen LogP contribution in [0.2, 0.25) is 0 Å². The Morgan fingerprint density at radius 1 is 1.24 bits per heavy atom. The summed E-state index contributed by atoms with van der Waals surface area (Å²) in [5.41, 5.74) is 5.84. The van der Waals surface area contributed by atoms with Crippen molar-refractivity contribution in [2.24, 2.45) is 5.73 Å². The van der Waals surface area contributed by atoms with E-state index in [1.54, 1.807) is 13.0 Å². The third kappa shape index (κ3) is 2.73. The summed E-state index contributed by atoms with van der Waals surface area (Å²) >= 11 is 0. The Hall–Kier alpha value is -0.780. The maximum atomic E-state index is 12.6. The van der Waals surface area contributed by atoms with Crippen molar-refractivity contribution in [1.29, 1.82) is 0 Å². The van der Waals surface area contributed by atoms with Crippen LogP contribution in [0.1, 0.15) is 16.7 Å². The Morgan fingerprint density at radius 2 is 1.82 bits per heavy atom. The molecular weight excluding hydrogens is 253 g/mol. The first-order chi connectivity index (χ1) is 7.31. The molecule has 1 aromatic rings. The Kier molecular flexibility index (Phi) is 3.76. The molecule has 0 spiro atoms. The molecular formula is C11H14ClF3N2. The molecule has 96 valence electrons. The van der Waals surface area contributed by atoms with Gasteiger partial charge in [0, 0.05) is 13.1 Å². The number of halogens is 4. The zero-order valence-electron chi connectivity index (χ0n) is 9.27. The van der Waals surface area contributed by atoms with Gasteiger partial charge in [0.15, 0.2) is 0 Å². The average molecular weight is 267 g/mol. The molecule has 1 fully saturated rings. The van der Waals surface area contributed by atoms with Gasteiger partial charge in [0.1, 0.15) is 0 Å². The number of nitrogens with two attached hydrogens (primary N) is 1. The Balaban J connectivity index is 0.00000144. The number of hydrogen-bond acceptors (Lipinski definition) is 2. The van der Waals surface area contributed by atoms with Crippen molar-refractivity contribution < 1.29 is 13.2 Å². The first-order valence-electron chi connectivity index (χ1n) is 5.00. The van der Waals surface area contributed by atoms with Gasteiger partial charge in [-0.3, -0.25) is 0 Å². The molecule has 0 aromatic heterocycles. The highest BCUT2D eigenvalue weighted by Crippen LogP contribution is 2.33. The van der Waals surface area contributed by atoms with E-state index in [9.17, 15) is 13.2 Å². The van der Waals surface area contributed by atoms with Gasteiger partial charge in [-0.1, -0.05) is 11.6 Å². The van der Waals surface area contributed by atoms with E-state index in [0.29, 0.717) is 24.2 Å². The predicted molar refractivity (Wildman–Crippen MR) is 62.2 cm³/mol. The molecule has 1 heterocycles. The fourth-order valence-electron chi connectivity index (χ4n) is 1.83. The first kappa shape index (κ1) is 14.3. The Labute approximate surface area is 104 Å². The van der Waals surface area contributed by atoms with Crippen LogP contribution in [0.3, 0.4) is 0 Å². The van der Waals surface area contributed by atoms with E-state index >= 15 is 0 Å². The molecule has 0 aliphatic carbocycles. The third-order valence-corrected chi connectivity index (χ3v) is 2.86. The van der Waals surface area contributed by atoms with Crippen LogP contribution >= 0.6 is 12.4 Å². The largest absolute Gasteiger partial charge is 0.416 e. The van der Waals surface area contributed by atoms with Gasteiger partial charge >= 0.3 is 6.18 Å². The lowest BCUT2D eigenvalue weighted by molar-refractivity contribution is -0.137. The van der Waals surface area contributed by atoms with Gasteiger partial charge in [0.25, 0.3) is 0 Å². The second-order valence-electron chi connectivity index (χ2n) is 4.35. The molecule has 6 heteroatoms. The molecule has 0 saturated carbocycles. The summed E-state index contributed by atoms with van der Waals surface area (Å²) in [5.74, 6) is 0. The minimum absolute atomic E-state index is 0. The number of hydrogen-bond donors (Lipinski definition) is 2. The van der Waals surface area contributed by atoms with E-state index in [-0.39, 0.29) is 12.4 Å². The molecule has 0 atom stereocenters. The molecule has 0 radical (unpaired) electrons. The molecule has 1 saturated heterocycles. The van der Waals surface area contributed by atoms with E-state index in [1.165, 1.54) is 0 Å². The van der Waals surface area contributed by atoms with Crippen LogP contribution in [-0.4, -0.2) is 13.1 Å². The van der Waals surface area contributed by atoms with Crippen molar-refractivity contribution in [3.8, 4) is 0 Å². The van der Waals surface area contributed by atoms with Gasteiger partial charge in [-0.2, -0.15) is 13.2 Å². The maximum absolute atomic E-state index is 12.6. The van der Waals surface area contributed by atoms with E-state index in [4.69, 9.17) is 5.73 Å². The molecule has 0 amide bonds. The fraction of sp³-hybridized carbons (Fsp3) is 0.455. The topological polar surface area (TPSA) is 38.0 Å². The Morgan fingerprint density at radius 3 is 2.24 bits per heavy atom. The van der Waals surface area contributed by atoms with Crippen LogP contribution in [0.5, 0.6) is 0 Å². The number of aryl methyl sites for hydroxylation is 1. The second-order valence-corrected chi connectivity index (χ2v) is 4.35. The van der Waals surface area contributed by atoms with Crippen molar-refractivity contribution in [3.05, 3.63) is 34.9 Å². The Bertz CT molecular complexity index is 414. The lowest BCUT2D eigenvalue weighted by Crippen LogP contribution is -2.62. The number of rotatable bonds is 1. The fourth-order valence-corrected chi connectivity index (χ4v) is 1.83. The zero-order valence-corrected chi connectivity index (χ0v) is 10.1. The summed E-state index contributed by atoms with van der Waals surface area (Å²) in [4.78, 5) is 0. The van der Waals surface area contributed by atoms with E-state index in [1.807, 2.05) is 0 Å². The van der Waals surface area contributed by atoms with Gasteiger partial charge in [0.05, 0.1) is 11.1 Å². The summed E-state index contributed by atoms with van der Waals surface area (Å²) in [6, 6.07) is 4.00. The maximum Gasteiger partial charge on any atom is 0.416 e. The standard InChI is InChI=1S/C11H13F3N2.ClH/c1-7-2-8(10(15)5-16-6-10)4-9(3-7)11(12,13)14;/h2-4,16H,5-6,15H2,1H3;1H. The monoisotopic (exact) mass is 266 g/mol. The van der Waals surface area contributed by atoms with E-state index in [2.05, 4.69) is 5.32 Å². The van der Waals surface area contributed by atoms with Gasteiger partial charge in [-0.15, -0.1) is 12.4 Å².